The molecule has 1 aromatic carbocycles. The molecule has 0 N–H and O–H groups in total. The maximum atomic E-state index is 12.7. The lowest BCUT2D eigenvalue weighted by atomic mass is 10.1. The van der Waals surface area contributed by atoms with Gasteiger partial charge in [0.2, 0.25) is 11.8 Å². The van der Waals surface area contributed by atoms with E-state index in [0.29, 0.717) is 18.7 Å². The van der Waals surface area contributed by atoms with Gasteiger partial charge in [-0.25, -0.2) is 0 Å². The molecule has 2 atom stereocenters. The van der Waals surface area contributed by atoms with Crippen molar-refractivity contribution in [2.24, 2.45) is 0 Å². The van der Waals surface area contributed by atoms with Gasteiger partial charge in [-0.3, -0.25) is 9.59 Å². The fourth-order valence-electron chi connectivity index (χ4n) is 2.95. The fraction of sp³-hybridized carbons (Fsp3) is 0.467. The van der Waals surface area contributed by atoms with Gasteiger partial charge in [0, 0.05) is 20.6 Å². The first-order valence-electron chi connectivity index (χ1n) is 6.93. The van der Waals surface area contributed by atoms with E-state index in [0.717, 1.165) is 5.69 Å². The van der Waals surface area contributed by atoms with Gasteiger partial charge < -0.3 is 19.3 Å². The highest BCUT2D eigenvalue weighted by atomic mass is 16.5. The molecule has 2 amide bonds. The van der Waals surface area contributed by atoms with Crippen LogP contribution < -0.4 is 9.64 Å². The molecule has 0 saturated carbocycles. The third-order valence-electron chi connectivity index (χ3n) is 3.99. The van der Waals surface area contributed by atoms with Gasteiger partial charge in [-0.1, -0.05) is 12.1 Å². The van der Waals surface area contributed by atoms with Gasteiger partial charge >= 0.3 is 0 Å². The van der Waals surface area contributed by atoms with E-state index in [1.54, 1.807) is 16.8 Å². The molecule has 0 aromatic heterocycles. The number of rotatable bonds is 2. The molecule has 3 rings (SSSR count). The van der Waals surface area contributed by atoms with Crippen molar-refractivity contribution in [1.82, 2.24) is 4.90 Å². The summed E-state index contributed by atoms with van der Waals surface area (Å²) in [4.78, 5) is 27.9. The molecular weight excluding hydrogens is 272 g/mol. The zero-order valence-corrected chi connectivity index (χ0v) is 12.1. The Hall–Kier alpha value is -2.08. The number of hydrogen-bond acceptors (Lipinski definition) is 4. The van der Waals surface area contributed by atoms with Gasteiger partial charge in [0.05, 0.1) is 12.2 Å². The molecule has 2 aliphatic rings. The van der Waals surface area contributed by atoms with E-state index < -0.39 is 6.04 Å². The number of amides is 2. The van der Waals surface area contributed by atoms with Gasteiger partial charge in [0.15, 0.2) is 0 Å². The maximum Gasteiger partial charge on any atom is 0.249 e. The monoisotopic (exact) mass is 290 g/mol. The average molecular weight is 290 g/mol. The average Bonchev–Trinajstić information content (AvgIpc) is 2.90. The summed E-state index contributed by atoms with van der Waals surface area (Å²) < 4.78 is 10.9. The number of likely N-dealkylation sites (tertiary alicyclic amines) is 1. The van der Waals surface area contributed by atoms with Crippen LogP contribution in [0.3, 0.4) is 0 Å². The molecule has 1 aromatic rings. The van der Waals surface area contributed by atoms with Crippen molar-refractivity contribution in [3.63, 3.8) is 0 Å². The lowest BCUT2D eigenvalue weighted by Gasteiger charge is -2.29. The molecule has 0 aliphatic carbocycles. The van der Waals surface area contributed by atoms with Crippen LogP contribution in [0.1, 0.15) is 6.42 Å². The van der Waals surface area contributed by atoms with Crippen molar-refractivity contribution in [2.75, 3.05) is 32.2 Å². The second-order valence-corrected chi connectivity index (χ2v) is 5.34. The molecule has 1 fully saturated rings. The minimum atomic E-state index is -0.476. The van der Waals surface area contributed by atoms with Crippen LogP contribution in [0, 0.1) is 0 Å². The quantitative estimate of drug-likeness (QED) is 0.803. The second kappa shape index (κ2) is 5.37. The Morgan fingerprint density at radius 3 is 2.95 bits per heavy atom. The number of carbonyl (C=O) groups excluding carboxylic acids is 2. The highest BCUT2D eigenvalue weighted by molar-refractivity contribution is 6.00. The maximum absolute atomic E-state index is 12.7. The van der Waals surface area contributed by atoms with Crippen molar-refractivity contribution in [2.45, 2.75) is 18.6 Å². The van der Waals surface area contributed by atoms with Gasteiger partial charge in [0.25, 0.3) is 0 Å². The number of nitrogens with zero attached hydrogens (tertiary/aromatic N) is 2. The molecule has 21 heavy (non-hydrogen) atoms. The van der Waals surface area contributed by atoms with Crippen molar-refractivity contribution in [3.05, 3.63) is 24.3 Å². The Bertz CT molecular complexity index is 575. The number of hydrogen-bond donors (Lipinski definition) is 0. The smallest absolute Gasteiger partial charge is 0.249 e. The Kier molecular flexibility index (Phi) is 3.55. The predicted octanol–water partition coefficient (Wildman–Crippen LogP) is 0.658. The van der Waals surface area contributed by atoms with Crippen molar-refractivity contribution in [1.29, 1.82) is 0 Å². The minimum absolute atomic E-state index is 0.0207. The van der Waals surface area contributed by atoms with Gasteiger partial charge in [-0.15, -0.1) is 0 Å². The summed E-state index contributed by atoms with van der Waals surface area (Å²) in [6.07, 6.45) is 0.363. The van der Waals surface area contributed by atoms with E-state index in [2.05, 4.69) is 0 Å². The zero-order valence-electron chi connectivity index (χ0n) is 12.1. The third kappa shape index (κ3) is 2.35. The molecular formula is C15H18N2O4. The molecule has 6 heteroatoms. The molecule has 2 aliphatic heterocycles. The molecule has 0 radical (unpaired) electrons. The summed E-state index contributed by atoms with van der Waals surface area (Å²) in [5, 5.41) is 0. The van der Waals surface area contributed by atoms with Crippen LogP contribution in [0.5, 0.6) is 5.75 Å². The molecule has 2 heterocycles. The normalized spacial score (nSPS) is 24.2. The van der Waals surface area contributed by atoms with Gasteiger partial charge in [-0.2, -0.15) is 0 Å². The largest absolute Gasteiger partial charge is 0.486 e. The summed E-state index contributed by atoms with van der Waals surface area (Å²) in [6.45, 7) is 0.397. The molecule has 2 bridgehead atoms. The van der Waals surface area contributed by atoms with Crippen LogP contribution in [0.4, 0.5) is 5.69 Å². The SMILES string of the molecule is COCC(=O)N1CC2CC1C(=O)N(C)c1ccccc1O2. The first kappa shape index (κ1) is 13.9. The Labute approximate surface area is 123 Å². The minimum Gasteiger partial charge on any atom is -0.486 e. The second-order valence-electron chi connectivity index (χ2n) is 5.34. The summed E-state index contributed by atoms with van der Waals surface area (Å²) in [6, 6.07) is 6.96. The van der Waals surface area contributed by atoms with E-state index in [9.17, 15) is 9.59 Å². The topological polar surface area (TPSA) is 59.1 Å². The van der Waals surface area contributed by atoms with Crippen LogP contribution in [-0.4, -0.2) is 56.2 Å². The van der Waals surface area contributed by atoms with Gasteiger partial charge in [-0.05, 0) is 12.1 Å². The molecule has 2 unspecified atom stereocenters. The van der Waals surface area contributed by atoms with Crippen molar-refractivity contribution >= 4 is 17.5 Å². The fourth-order valence-corrected chi connectivity index (χ4v) is 2.95. The number of carbonyl (C=O) groups is 2. The Morgan fingerprint density at radius 1 is 1.43 bits per heavy atom. The first-order valence-corrected chi connectivity index (χ1v) is 6.93. The van der Waals surface area contributed by atoms with Gasteiger partial charge in [0.1, 0.15) is 24.5 Å². The standard InChI is InChI=1S/C15H18N2O4/c1-16-11-5-3-4-6-13(11)21-10-7-12(15(16)19)17(8-10)14(18)9-20-2/h3-6,10,12H,7-9H2,1-2H3. The summed E-state index contributed by atoms with van der Waals surface area (Å²) in [7, 11) is 3.18. The number of benzene rings is 1. The lowest BCUT2D eigenvalue weighted by Crippen LogP contribution is -2.47. The van der Waals surface area contributed by atoms with E-state index in [4.69, 9.17) is 9.47 Å². The summed E-state index contributed by atoms with van der Waals surface area (Å²) >= 11 is 0. The number of likely N-dealkylation sites (N-methyl/N-ethyl adjacent to an activating group) is 1. The van der Waals surface area contributed by atoms with Crippen LogP contribution in [0.2, 0.25) is 0 Å². The predicted molar refractivity (Wildman–Crippen MR) is 76.3 cm³/mol. The molecule has 6 nitrogen and oxygen atoms in total. The number of ether oxygens (including phenoxy) is 2. The lowest BCUT2D eigenvalue weighted by molar-refractivity contribution is -0.140. The Morgan fingerprint density at radius 2 is 2.19 bits per heavy atom. The number of para-hydroxylation sites is 2. The van der Waals surface area contributed by atoms with Crippen LogP contribution in [0.25, 0.3) is 0 Å². The molecule has 112 valence electrons. The number of fused-ring (bicyclic) bond motifs is 3. The van der Waals surface area contributed by atoms with Crippen molar-refractivity contribution < 1.29 is 19.1 Å². The first-order chi connectivity index (χ1) is 10.1. The zero-order chi connectivity index (χ0) is 15.0. The van der Waals surface area contributed by atoms with E-state index in [1.807, 2.05) is 24.3 Å². The van der Waals surface area contributed by atoms with Crippen LogP contribution in [0.15, 0.2) is 24.3 Å². The summed E-state index contributed by atoms with van der Waals surface area (Å²) in [5.41, 5.74) is 0.734. The number of anilines is 1. The van der Waals surface area contributed by atoms with E-state index >= 15 is 0 Å². The number of methoxy groups -OCH3 is 1. The van der Waals surface area contributed by atoms with E-state index in [1.165, 1.54) is 7.11 Å². The highest BCUT2D eigenvalue weighted by Crippen LogP contribution is 2.35. The van der Waals surface area contributed by atoms with Crippen LogP contribution >= 0.6 is 0 Å². The van der Waals surface area contributed by atoms with Crippen LogP contribution in [-0.2, 0) is 14.3 Å². The third-order valence-corrected chi connectivity index (χ3v) is 3.99. The summed E-state index contributed by atoms with van der Waals surface area (Å²) in [5.74, 6) is 0.414. The molecule has 0 spiro atoms. The van der Waals surface area contributed by atoms with Crippen molar-refractivity contribution in [3.8, 4) is 5.75 Å². The highest BCUT2D eigenvalue weighted by Gasteiger charge is 2.43. The van der Waals surface area contributed by atoms with E-state index in [-0.39, 0.29) is 24.5 Å². The Balaban J connectivity index is 1.94. The molecule has 1 saturated heterocycles.